The number of carbonyl (C=O) groups excluding carboxylic acids is 3. The summed E-state index contributed by atoms with van der Waals surface area (Å²) in [6.07, 6.45) is 0. The number of hydrogen-bond acceptors (Lipinski definition) is 4. The topological polar surface area (TPSA) is 65.4 Å². The lowest BCUT2D eigenvalue weighted by Crippen LogP contribution is -2.31. The lowest BCUT2D eigenvalue weighted by atomic mass is 9.87. The molecule has 0 saturated heterocycles. The standard InChI is InChI=1S/C20H25NO4/c1-12(22)21-14-11-9-8-10-13(14)15(17(21)19(2,3)4)16(23)18(24)25-20(5,6)7/h8-11H,1-7H3. The molecule has 25 heavy (non-hydrogen) atoms. The molecule has 0 atom stereocenters. The van der Waals surface area contributed by atoms with Gasteiger partial charge in [-0.3, -0.25) is 14.2 Å². The van der Waals surface area contributed by atoms with E-state index in [0.717, 1.165) is 0 Å². The summed E-state index contributed by atoms with van der Waals surface area (Å²) in [6, 6.07) is 7.11. The number of rotatable bonds is 2. The summed E-state index contributed by atoms with van der Waals surface area (Å²) >= 11 is 0. The van der Waals surface area contributed by atoms with Crippen molar-refractivity contribution in [3.8, 4) is 0 Å². The van der Waals surface area contributed by atoms with Crippen molar-refractivity contribution in [3.05, 3.63) is 35.5 Å². The van der Waals surface area contributed by atoms with E-state index in [4.69, 9.17) is 4.74 Å². The largest absolute Gasteiger partial charge is 0.454 e. The molecule has 0 aliphatic rings. The second-order valence-corrected chi connectivity index (χ2v) is 8.18. The van der Waals surface area contributed by atoms with E-state index in [0.29, 0.717) is 16.6 Å². The molecule has 0 fully saturated rings. The van der Waals surface area contributed by atoms with Crippen LogP contribution in [-0.2, 0) is 14.9 Å². The van der Waals surface area contributed by atoms with Gasteiger partial charge in [0, 0.05) is 23.4 Å². The van der Waals surface area contributed by atoms with Crippen LogP contribution in [0.3, 0.4) is 0 Å². The van der Waals surface area contributed by atoms with Gasteiger partial charge in [0.2, 0.25) is 5.91 Å². The molecule has 0 bridgehead atoms. The van der Waals surface area contributed by atoms with Gasteiger partial charge >= 0.3 is 5.97 Å². The predicted octanol–water partition coefficient (Wildman–Crippen LogP) is 4.12. The van der Waals surface area contributed by atoms with E-state index >= 15 is 0 Å². The number of hydrogen-bond donors (Lipinski definition) is 0. The van der Waals surface area contributed by atoms with Crippen molar-refractivity contribution >= 4 is 28.6 Å². The maximum atomic E-state index is 12.9. The van der Waals surface area contributed by atoms with Gasteiger partial charge in [-0.05, 0) is 26.8 Å². The van der Waals surface area contributed by atoms with Gasteiger partial charge in [0.15, 0.2) is 0 Å². The molecule has 134 valence electrons. The second kappa shape index (κ2) is 6.14. The fourth-order valence-electron chi connectivity index (χ4n) is 2.93. The number of ether oxygens (including phenoxy) is 1. The van der Waals surface area contributed by atoms with E-state index in [1.807, 2.05) is 20.8 Å². The van der Waals surface area contributed by atoms with Crippen molar-refractivity contribution in [1.29, 1.82) is 0 Å². The van der Waals surface area contributed by atoms with Crippen LogP contribution in [0.25, 0.3) is 10.9 Å². The van der Waals surface area contributed by atoms with Crippen LogP contribution in [0.15, 0.2) is 24.3 Å². The smallest absolute Gasteiger partial charge is 0.380 e. The van der Waals surface area contributed by atoms with Crippen molar-refractivity contribution in [2.45, 2.75) is 59.5 Å². The molecular weight excluding hydrogens is 318 g/mol. The third-order valence-electron chi connectivity index (χ3n) is 3.71. The molecule has 0 unspecified atom stereocenters. The molecule has 0 radical (unpaired) electrons. The minimum absolute atomic E-state index is 0.204. The molecule has 0 N–H and O–H groups in total. The second-order valence-electron chi connectivity index (χ2n) is 8.18. The van der Waals surface area contributed by atoms with E-state index in [2.05, 4.69) is 0 Å². The van der Waals surface area contributed by atoms with Crippen LogP contribution in [0, 0.1) is 0 Å². The molecule has 2 aromatic rings. The molecular formula is C20H25NO4. The molecule has 1 heterocycles. The first-order valence-electron chi connectivity index (χ1n) is 8.27. The predicted molar refractivity (Wildman–Crippen MR) is 97.1 cm³/mol. The highest BCUT2D eigenvalue weighted by atomic mass is 16.6. The molecule has 0 saturated carbocycles. The van der Waals surface area contributed by atoms with Gasteiger partial charge in [-0.15, -0.1) is 0 Å². The zero-order valence-corrected chi connectivity index (χ0v) is 15.9. The fourth-order valence-corrected chi connectivity index (χ4v) is 2.93. The molecule has 1 aromatic heterocycles. The SMILES string of the molecule is CC(=O)n1c(C(C)(C)C)c(C(=O)C(=O)OC(C)(C)C)c2ccccc21. The minimum atomic E-state index is -0.913. The Morgan fingerprint density at radius 2 is 1.52 bits per heavy atom. The molecule has 5 nitrogen and oxygen atoms in total. The quantitative estimate of drug-likeness (QED) is 0.467. The number of aromatic nitrogens is 1. The first kappa shape index (κ1) is 18.9. The Kier molecular flexibility index (Phi) is 4.64. The van der Waals surface area contributed by atoms with Crippen molar-refractivity contribution in [3.63, 3.8) is 0 Å². The van der Waals surface area contributed by atoms with Gasteiger partial charge in [0.25, 0.3) is 5.78 Å². The normalized spacial score (nSPS) is 12.3. The van der Waals surface area contributed by atoms with Crippen LogP contribution < -0.4 is 0 Å². The van der Waals surface area contributed by atoms with Gasteiger partial charge in [0.1, 0.15) is 5.60 Å². The molecule has 5 heteroatoms. The maximum absolute atomic E-state index is 12.9. The Hall–Kier alpha value is -2.43. The number of benzene rings is 1. The maximum Gasteiger partial charge on any atom is 0.380 e. The van der Waals surface area contributed by atoms with Crippen molar-refractivity contribution in [2.24, 2.45) is 0 Å². The average Bonchev–Trinajstić information content (AvgIpc) is 2.79. The highest BCUT2D eigenvalue weighted by Gasteiger charge is 2.35. The zero-order valence-electron chi connectivity index (χ0n) is 15.9. The van der Waals surface area contributed by atoms with E-state index in [-0.39, 0.29) is 11.5 Å². The van der Waals surface area contributed by atoms with Gasteiger partial charge < -0.3 is 4.74 Å². The summed E-state index contributed by atoms with van der Waals surface area (Å²) in [7, 11) is 0. The summed E-state index contributed by atoms with van der Waals surface area (Å²) in [5.74, 6) is -1.84. The Labute approximate surface area is 148 Å². The lowest BCUT2D eigenvalue weighted by Gasteiger charge is -2.23. The first-order valence-corrected chi connectivity index (χ1v) is 8.27. The van der Waals surface area contributed by atoms with E-state index < -0.39 is 22.8 Å². The lowest BCUT2D eigenvalue weighted by molar-refractivity contribution is -0.148. The molecule has 2 rings (SSSR count). The number of para-hydroxylation sites is 1. The van der Waals surface area contributed by atoms with Crippen molar-refractivity contribution in [1.82, 2.24) is 4.57 Å². The van der Waals surface area contributed by atoms with Gasteiger partial charge in [-0.25, -0.2) is 4.79 Å². The summed E-state index contributed by atoms with van der Waals surface area (Å²) in [5.41, 5.74) is 0.0992. The van der Waals surface area contributed by atoms with Crippen LogP contribution in [0.4, 0.5) is 0 Å². The van der Waals surface area contributed by atoms with Crippen LogP contribution in [0.2, 0.25) is 0 Å². The summed E-state index contributed by atoms with van der Waals surface area (Å²) in [6.45, 7) is 12.3. The summed E-state index contributed by atoms with van der Waals surface area (Å²) in [5, 5.41) is 0.582. The molecule has 0 spiro atoms. The van der Waals surface area contributed by atoms with Crippen LogP contribution in [-0.4, -0.2) is 27.8 Å². The Morgan fingerprint density at radius 3 is 2.00 bits per heavy atom. The van der Waals surface area contributed by atoms with Crippen LogP contribution >= 0.6 is 0 Å². The number of carbonyl (C=O) groups is 3. The average molecular weight is 343 g/mol. The monoisotopic (exact) mass is 343 g/mol. The fraction of sp³-hybridized carbons (Fsp3) is 0.450. The van der Waals surface area contributed by atoms with Gasteiger partial charge in [0.05, 0.1) is 11.1 Å². The molecule has 0 aliphatic carbocycles. The molecule has 1 aromatic carbocycles. The van der Waals surface area contributed by atoms with Crippen molar-refractivity contribution < 1.29 is 19.1 Å². The highest BCUT2D eigenvalue weighted by Crippen LogP contribution is 2.35. The Bertz CT molecular complexity index is 860. The molecule has 0 amide bonds. The summed E-state index contributed by atoms with van der Waals surface area (Å²) in [4.78, 5) is 37.6. The van der Waals surface area contributed by atoms with Crippen LogP contribution in [0.1, 0.15) is 69.3 Å². The third-order valence-corrected chi connectivity index (χ3v) is 3.71. The molecule has 0 aliphatic heterocycles. The first-order chi connectivity index (χ1) is 11.3. The number of nitrogens with zero attached hydrogens (tertiary/aromatic N) is 1. The van der Waals surface area contributed by atoms with E-state index in [1.165, 1.54) is 11.5 Å². The minimum Gasteiger partial charge on any atom is -0.454 e. The van der Waals surface area contributed by atoms with Gasteiger partial charge in [-0.2, -0.15) is 0 Å². The summed E-state index contributed by atoms with van der Waals surface area (Å²) < 4.78 is 6.78. The number of fused-ring (bicyclic) bond motifs is 1. The number of esters is 1. The van der Waals surface area contributed by atoms with E-state index in [1.54, 1.807) is 45.0 Å². The van der Waals surface area contributed by atoms with Gasteiger partial charge in [-0.1, -0.05) is 39.0 Å². The number of ketones is 1. The Morgan fingerprint density at radius 1 is 0.960 bits per heavy atom. The highest BCUT2D eigenvalue weighted by molar-refractivity contribution is 6.43. The number of Topliss-reactive ketones (excluding diaryl/α,β-unsaturated/α-hetero) is 1. The third kappa shape index (κ3) is 3.65. The zero-order chi connectivity index (χ0) is 19.2. The van der Waals surface area contributed by atoms with Crippen LogP contribution in [0.5, 0.6) is 0 Å². The van der Waals surface area contributed by atoms with E-state index in [9.17, 15) is 14.4 Å². The van der Waals surface area contributed by atoms with Crippen molar-refractivity contribution in [2.75, 3.05) is 0 Å². The Balaban J connectivity index is 2.81.